The van der Waals surface area contributed by atoms with Gasteiger partial charge in [0.1, 0.15) is 0 Å². The number of nitroso groups, excluding NO2 is 1. The fourth-order valence-corrected chi connectivity index (χ4v) is 1.13. The smallest absolute Gasteiger partial charge is 0.175 e. The van der Waals surface area contributed by atoms with Gasteiger partial charge in [0.05, 0.1) is 0 Å². The first-order valence-corrected chi connectivity index (χ1v) is 4.08. The lowest BCUT2D eigenvalue weighted by molar-refractivity contribution is -0.118. The maximum atomic E-state index is 11.0. The van der Waals surface area contributed by atoms with E-state index < -0.39 is 6.04 Å². The summed E-state index contributed by atoms with van der Waals surface area (Å²) in [7, 11) is 0. The number of benzene rings is 1. The predicted molar refractivity (Wildman–Crippen MR) is 53.6 cm³/mol. The van der Waals surface area contributed by atoms with E-state index in [2.05, 4.69) is 11.1 Å². The number of Topliss-reactive ketones (excluding diaryl/α,β-unsaturated/α-hetero) is 1. The Morgan fingerprint density at radius 1 is 1.43 bits per heavy atom. The first-order valence-electron chi connectivity index (χ1n) is 4.08. The lowest BCUT2D eigenvalue weighted by Crippen LogP contribution is -2.05. The van der Waals surface area contributed by atoms with Gasteiger partial charge in [-0.1, -0.05) is 23.2 Å². The lowest BCUT2D eigenvalue weighted by atomic mass is 10.0. The zero-order valence-corrected chi connectivity index (χ0v) is 7.73. The van der Waals surface area contributed by atoms with E-state index in [4.69, 9.17) is 6.42 Å². The first-order chi connectivity index (χ1) is 6.69. The molecule has 0 bridgehead atoms. The van der Waals surface area contributed by atoms with Crippen molar-refractivity contribution in [3.8, 4) is 12.3 Å². The van der Waals surface area contributed by atoms with Gasteiger partial charge >= 0.3 is 0 Å². The summed E-state index contributed by atoms with van der Waals surface area (Å²) in [5.74, 6) is 2.18. The largest absolute Gasteiger partial charge is 0.297 e. The van der Waals surface area contributed by atoms with Crippen LogP contribution in [-0.2, 0) is 4.79 Å². The second-order valence-electron chi connectivity index (χ2n) is 2.88. The molecule has 0 aliphatic carbocycles. The van der Waals surface area contributed by atoms with Crippen LogP contribution in [0, 0.1) is 17.3 Å². The average molecular weight is 187 g/mol. The van der Waals surface area contributed by atoms with E-state index in [1.54, 1.807) is 24.3 Å². The van der Waals surface area contributed by atoms with Crippen molar-refractivity contribution in [2.45, 2.75) is 13.0 Å². The number of hydrogen-bond donors (Lipinski definition) is 0. The highest BCUT2D eigenvalue weighted by Crippen LogP contribution is 2.18. The molecule has 0 N–H and O–H groups in total. The summed E-state index contributed by atoms with van der Waals surface area (Å²) in [4.78, 5) is 21.4. The Kier molecular flexibility index (Phi) is 3.14. The lowest BCUT2D eigenvalue weighted by Gasteiger charge is -2.04. The van der Waals surface area contributed by atoms with Crippen molar-refractivity contribution in [1.29, 1.82) is 0 Å². The molecular weight excluding hydrogens is 178 g/mol. The van der Waals surface area contributed by atoms with Crippen LogP contribution >= 0.6 is 0 Å². The highest BCUT2D eigenvalue weighted by Gasteiger charge is 2.16. The van der Waals surface area contributed by atoms with E-state index >= 15 is 0 Å². The molecule has 0 saturated heterocycles. The highest BCUT2D eigenvalue weighted by molar-refractivity contribution is 5.83. The molecule has 1 rings (SSSR count). The van der Waals surface area contributed by atoms with Crippen LogP contribution in [0.2, 0.25) is 0 Å². The van der Waals surface area contributed by atoms with Gasteiger partial charge < -0.3 is 0 Å². The number of nitrogens with zero attached hydrogens (tertiary/aromatic N) is 1. The van der Waals surface area contributed by atoms with Crippen LogP contribution in [0.25, 0.3) is 0 Å². The van der Waals surface area contributed by atoms with E-state index in [9.17, 15) is 9.70 Å². The summed E-state index contributed by atoms with van der Waals surface area (Å²) in [6.45, 7) is 1.33. The Balaban J connectivity index is 3.02. The predicted octanol–water partition coefficient (Wildman–Crippen LogP) is 2.06. The third-order valence-electron chi connectivity index (χ3n) is 1.88. The summed E-state index contributed by atoms with van der Waals surface area (Å²) < 4.78 is 0. The second-order valence-corrected chi connectivity index (χ2v) is 2.88. The summed E-state index contributed by atoms with van der Waals surface area (Å²) in [5, 5.41) is 2.76. The van der Waals surface area contributed by atoms with Crippen molar-refractivity contribution >= 4 is 5.78 Å². The van der Waals surface area contributed by atoms with Crippen molar-refractivity contribution in [3.05, 3.63) is 40.3 Å². The standard InChI is InChI=1S/C11H9NO2/c1-3-9-4-6-10(7-5-9)11(12-14)8(2)13/h1,4-7,11H,2H3. The maximum Gasteiger partial charge on any atom is 0.175 e. The Morgan fingerprint density at radius 3 is 2.36 bits per heavy atom. The molecular formula is C11H9NO2. The van der Waals surface area contributed by atoms with E-state index in [1.807, 2.05) is 0 Å². The number of ketones is 1. The average Bonchev–Trinajstić information content (AvgIpc) is 2.19. The quantitative estimate of drug-likeness (QED) is 0.537. The minimum absolute atomic E-state index is 0.270. The van der Waals surface area contributed by atoms with Crippen LogP contribution in [0.15, 0.2) is 29.4 Å². The van der Waals surface area contributed by atoms with Crippen molar-refractivity contribution < 1.29 is 4.79 Å². The molecule has 0 heterocycles. The van der Waals surface area contributed by atoms with Gasteiger partial charge in [-0.05, 0) is 24.6 Å². The van der Waals surface area contributed by atoms with Crippen molar-refractivity contribution in [2.24, 2.45) is 5.18 Å². The van der Waals surface area contributed by atoms with Crippen LogP contribution in [0.3, 0.4) is 0 Å². The van der Waals surface area contributed by atoms with Crippen molar-refractivity contribution in [3.63, 3.8) is 0 Å². The summed E-state index contributed by atoms with van der Waals surface area (Å²) >= 11 is 0. The van der Waals surface area contributed by atoms with Crippen LogP contribution in [-0.4, -0.2) is 5.78 Å². The highest BCUT2D eigenvalue weighted by atomic mass is 16.3. The molecule has 0 fully saturated rings. The van der Waals surface area contributed by atoms with Crippen molar-refractivity contribution in [1.82, 2.24) is 0 Å². The van der Waals surface area contributed by atoms with Crippen LogP contribution in [0.4, 0.5) is 0 Å². The fourth-order valence-electron chi connectivity index (χ4n) is 1.13. The van der Waals surface area contributed by atoms with Gasteiger partial charge in [0.15, 0.2) is 11.8 Å². The molecule has 0 aliphatic rings. The zero-order chi connectivity index (χ0) is 10.6. The Hall–Kier alpha value is -1.95. The SMILES string of the molecule is C#Cc1ccc(C(N=O)C(C)=O)cc1. The summed E-state index contributed by atoms with van der Waals surface area (Å²) in [6.07, 6.45) is 5.17. The Labute approximate surface area is 82.1 Å². The minimum Gasteiger partial charge on any atom is -0.297 e. The molecule has 1 unspecified atom stereocenters. The first kappa shape index (κ1) is 10.1. The monoisotopic (exact) mass is 187 g/mol. The number of terminal acetylenes is 1. The molecule has 1 atom stereocenters. The van der Waals surface area contributed by atoms with Gasteiger partial charge in [-0.15, -0.1) is 11.3 Å². The third-order valence-corrected chi connectivity index (χ3v) is 1.88. The normalized spacial score (nSPS) is 11.4. The number of carbonyl (C=O) groups is 1. The molecule has 0 aliphatic heterocycles. The molecule has 0 aromatic heterocycles. The molecule has 0 radical (unpaired) electrons. The van der Waals surface area contributed by atoms with Gasteiger partial charge in [-0.25, -0.2) is 0 Å². The van der Waals surface area contributed by atoms with Gasteiger partial charge in [-0.2, -0.15) is 0 Å². The van der Waals surface area contributed by atoms with Crippen molar-refractivity contribution in [2.75, 3.05) is 0 Å². The molecule has 3 heteroatoms. The summed E-state index contributed by atoms with van der Waals surface area (Å²) in [5.41, 5.74) is 1.29. The van der Waals surface area contributed by atoms with E-state index in [-0.39, 0.29) is 5.78 Å². The second kappa shape index (κ2) is 4.33. The van der Waals surface area contributed by atoms with E-state index in [0.29, 0.717) is 11.1 Å². The molecule has 14 heavy (non-hydrogen) atoms. The molecule has 70 valence electrons. The van der Waals surface area contributed by atoms with Gasteiger partial charge in [0.25, 0.3) is 0 Å². The maximum absolute atomic E-state index is 11.0. The van der Waals surface area contributed by atoms with Crippen LogP contribution in [0.1, 0.15) is 24.1 Å². The molecule has 0 amide bonds. The van der Waals surface area contributed by atoms with E-state index in [1.165, 1.54) is 6.92 Å². The van der Waals surface area contributed by atoms with Gasteiger partial charge in [0.2, 0.25) is 0 Å². The Bertz CT molecular complexity index is 387. The van der Waals surface area contributed by atoms with Crippen LogP contribution < -0.4 is 0 Å². The fraction of sp³-hybridized carbons (Fsp3) is 0.182. The minimum atomic E-state index is -0.915. The topological polar surface area (TPSA) is 46.5 Å². The molecule has 0 saturated carbocycles. The molecule has 0 spiro atoms. The Morgan fingerprint density at radius 2 is 2.00 bits per heavy atom. The number of hydrogen-bond acceptors (Lipinski definition) is 3. The summed E-state index contributed by atoms with van der Waals surface area (Å²) in [6, 6.07) is 5.72. The van der Waals surface area contributed by atoms with Gasteiger partial charge in [0, 0.05) is 5.56 Å². The van der Waals surface area contributed by atoms with Gasteiger partial charge in [-0.3, -0.25) is 4.79 Å². The third kappa shape index (κ3) is 2.05. The van der Waals surface area contributed by atoms with E-state index in [0.717, 1.165) is 0 Å². The number of rotatable bonds is 3. The number of carbonyl (C=O) groups excluding carboxylic acids is 1. The molecule has 1 aromatic rings. The molecule has 3 nitrogen and oxygen atoms in total. The zero-order valence-electron chi connectivity index (χ0n) is 7.73. The van der Waals surface area contributed by atoms with Crippen LogP contribution in [0.5, 0.6) is 0 Å². The molecule has 1 aromatic carbocycles.